The highest BCUT2D eigenvalue weighted by Gasteiger charge is 2.13. The summed E-state index contributed by atoms with van der Waals surface area (Å²) in [5.41, 5.74) is 0. The van der Waals surface area contributed by atoms with E-state index in [0.29, 0.717) is 12.8 Å². The Morgan fingerprint density at radius 3 is 1.63 bits per heavy atom. The Morgan fingerprint density at radius 2 is 1.11 bits per heavy atom. The summed E-state index contributed by atoms with van der Waals surface area (Å²) in [5, 5.41) is 10.9. The molecule has 0 aliphatic rings. The highest BCUT2D eigenvalue weighted by atomic mass is 16.5. The average molecular weight is 498 g/mol. The van der Waals surface area contributed by atoms with Crippen molar-refractivity contribution >= 4 is 17.8 Å². The minimum Gasteiger partial charge on any atom is -0.480 e. The van der Waals surface area contributed by atoms with Crippen LogP contribution in [0, 0.1) is 0 Å². The maximum atomic E-state index is 12.2. The van der Waals surface area contributed by atoms with Crippen LogP contribution in [-0.2, 0) is 19.1 Å². The van der Waals surface area contributed by atoms with E-state index < -0.39 is 5.97 Å². The predicted molar refractivity (Wildman–Crippen MR) is 143 cm³/mol. The standard InChI is InChI=1S/C29H55NO5/c1-3-5-6-7-8-9-10-11-12-13-14-15-16-20-24-29(34)35-26(21-4-2)22-18-17-19-23-27(31)30-25-28(32)33/h26H,3-25H2,1-2H3,(H,30,31)(H,32,33). The second kappa shape index (κ2) is 25.5. The van der Waals surface area contributed by atoms with Gasteiger partial charge in [-0.15, -0.1) is 0 Å². The molecule has 1 amide bonds. The number of carboxylic acids is 1. The third-order valence-corrected chi connectivity index (χ3v) is 6.51. The Bertz CT molecular complexity index is 523. The normalized spacial score (nSPS) is 11.8. The zero-order valence-electron chi connectivity index (χ0n) is 22.9. The number of rotatable bonds is 26. The third-order valence-electron chi connectivity index (χ3n) is 6.51. The average Bonchev–Trinajstić information content (AvgIpc) is 2.82. The Labute approximate surface area is 215 Å². The Hall–Kier alpha value is -1.59. The molecule has 0 aromatic carbocycles. The van der Waals surface area contributed by atoms with Crippen molar-refractivity contribution in [1.82, 2.24) is 5.32 Å². The zero-order chi connectivity index (χ0) is 26.0. The molecule has 0 saturated carbocycles. The number of carbonyl (C=O) groups is 3. The van der Waals surface area contributed by atoms with E-state index in [1.165, 1.54) is 77.0 Å². The molecular weight excluding hydrogens is 442 g/mol. The van der Waals surface area contributed by atoms with Gasteiger partial charge in [-0.05, 0) is 32.1 Å². The number of unbranched alkanes of at least 4 members (excludes halogenated alkanes) is 15. The molecule has 0 bridgehead atoms. The molecule has 6 nitrogen and oxygen atoms in total. The summed E-state index contributed by atoms with van der Waals surface area (Å²) >= 11 is 0. The maximum absolute atomic E-state index is 12.2. The third kappa shape index (κ3) is 25.3. The van der Waals surface area contributed by atoms with Crippen molar-refractivity contribution < 1.29 is 24.2 Å². The van der Waals surface area contributed by atoms with Gasteiger partial charge in [-0.1, -0.05) is 110 Å². The lowest BCUT2D eigenvalue weighted by Crippen LogP contribution is -2.28. The number of ether oxygens (including phenoxy) is 1. The van der Waals surface area contributed by atoms with Crippen molar-refractivity contribution in [3.8, 4) is 0 Å². The van der Waals surface area contributed by atoms with Crippen LogP contribution in [0.3, 0.4) is 0 Å². The fourth-order valence-corrected chi connectivity index (χ4v) is 4.39. The number of hydrogen-bond acceptors (Lipinski definition) is 4. The number of esters is 1. The molecule has 0 heterocycles. The molecule has 0 aromatic rings. The van der Waals surface area contributed by atoms with Crippen LogP contribution in [0.2, 0.25) is 0 Å². The van der Waals surface area contributed by atoms with Crippen molar-refractivity contribution in [2.75, 3.05) is 6.54 Å². The minimum atomic E-state index is -1.03. The van der Waals surface area contributed by atoms with Gasteiger partial charge in [0.15, 0.2) is 0 Å². The fraction of sp³-hybridized carbons (Fsp3) is 0.897. The Morgan fingerprint density at radius 1 is 0.629 bits per heavy atom. The quantitative estimate of drug-likeness (QED) is 0.0942. The van der Waals surface area contributed by atoms with Crippen LogP contribution < -0.4 is 5.32 Å². The number of aliphatic carboxylic acids is 1. The van der Waals surface area contributed by atoms with E-state index in [1.54, 1.807) is 0 Å². The molecule has 0 aromatic heterocycles. The summed E-state index contributed by atoms with van der Waals surface area (Å²) in [6, 6.07) is 0. The molecule has 0 saturated heterocycles. The van der Waals surface area contributed by atoms with E-state index in [-0.39, 0.29) is 24.5 Å². The lowest BCUT2D eigenvalue weighted by atomic mass is 10.0. The second-order valence-electron chi connectivity index (χ2n) is 10.0. The predicted octanol–water partition coefficient (Wildman–Crippen LogP) is 7.72. The molecule has 0 aliphatic heterocycles. The number of amides is 1. The number of carboxylic acid groups (broad SMARTS) is 1. The zero-order valence-corrected chi connectivity index (χ0v) is 22.9. The van der Waals surface area contributed by atoms with Gasteiger partial charge in [-0.2, -0.15) is 0 Å². The first-order valence-electron chi connectivity index (χ1n) is 14.7. The summed E-state index contributed by atoms with van der Waals surface area (Å²) in [5.74, 6) is -1.33. The number of hydrogen-bond donors (Lipinski definition) is 2. The van der Waals surface area contributed by atoms with Crippen LogP contribution in [-0.4, -0.2) is 35.6 Å². The first-order valence-corrected chi connectivity index (χ1v) is 14.7. The first kappa shape index (κ1) is 33.4. The van der Waals surface area contributed by atoms with Gasteiger partial charge in [-0.25, -0.2) is 0 Å². The monoisotopic (exact) mass is 497 g/mol. The van der Waals surface area contributed by atoms with Crippen LogP contribution in [0.1, 0.15) is 155 Å². The van der Waals surface area contributed by atoms with Crippen molar-refractivity contribution in [3.63, 3.8) is 0 Å². The SMILES string of the molecule is CCCCCCCCCCCCCCCCC(=O)OC(CCC)CCCCCC(=O)NCC(=O)O. The van der Waals surface area contributed by atoms with Gasteiger partial charge >= 0.3 is 11.9 Å². The van der Waals surface area contributed by atoms with Gasteiger partial charge in [0.2, 0.25) is 5.91 Å². The fourth-order valence-electron chi connectivity index (χ4n) is 4.39. The van der Waals surface area contributed by atoms with E-state index in [1.807, 2.05) is 0 Å². The molecule has 0 rings (SSSR count). The smallest absolute Gasteiger partial charge is 0.322 e. The van der Waals surface area contributed by atoms with Gasteiger partial charge < -0.3 is 15.2 Å². The van der Waals surface area contributed by atoms with Crippen LogP contribution in [0.5, 0.6) is 0 Å². The van der Waals surface area contributed by atoms with Gasteiger partial charge in [0.25, 0.3) is 0 Å². The second-order valence-corrected chi connectivity index (χ2v) is 10.0. The highest BCUT2D eigenvalue weighted by molar-refractivity contribution is 5.80. The van der Waals surface area contributed by atoms with Crippen LogP contribution in [0.4, 0.5) is 0 Å². The summed E-state index contributed by atoms with van der Waals surface area (Å²) in [7, 11) is 0. The van der Waals surface area contributed by atoms with Gasteiger partial charge in [0, 0.05) is 12.8 Å². The summed E-state index contributed by atoms with van der Waals surface area (Å²) in [6.45, 7) is 4.04. The van der Waals surface area contributed by atoms with Crippen LogP contribution in [0.25, 0.3) is 0 Å². The lowest BCUT2D eigenvalue weighted by molar-refractivity contribution is -0.150. The van der Waals surface area contributed by atoms with E-state index in [4.69, 9.17) is 9.84 Å². The summed E-state index contributed by atoms with van der Waals surface area (Å²) < 4.78 is 5.71. The molecule has 1 atom stereocenters. The molecule has 2 N–H and O–H groups in total. The van der Waals surface area contributed by atoms with E-state index >= 15 is 0 Å². The topological polar surface area (TPSA) is 92.7 Å². The molecule has 0 fully saturated rings. The first-order chi connectivity index (χ1) is 17.0. The molecule has 0 radical (unpaired) electrons. The van der Waals surface area contributed by atoms with E-state index in [9.17, 15) is 14.4 Å². The number of carbonyl (C=O) groups excluding carboxylic acids is 2. The molecule has 6 heteroatoms. The van der Waals surface area contributed by atoms with E-state index in [2.05, 4.69) is 19.2 Å². The Kier molecular flexibility index (Phi) is 24.3. The minimum absolute atomic E-state index is 0.0278. The summed E-state index contributed by atoms with van der Waals surface area (Å²) in [6.07, 6.45) is 24.3. The highest BCUT2D eigenvalue weighted by Crippen LogP contribution is 2.16. The van der Waals surface area contributed by atoms with E-state index in [0.717, 1.165) is 51.4 Å². The molecule has 206 valence electrons. The molecule has 35 heavy (non-hydrogen) atoms. The largest absolute Gasteiger partial charge is 0.480 e. The molecular formula is C29H55NO5. The van der Waals surface area contributed by atoms with Crippen LogP contribution in [0.15, 0.2) is 0 Å². The lowest BCUT2D eigenvalue weighted by Gasteiger charge is -2.17. The summed E-state index contributed by atoms with van der Waals surface area (Å²) in [4.78, 5) is 34.2. The van der Waals surface area contributed by atoms with Gasteiger partial charge in [0.1, 0.15) is 12.6 Å². The maximum Gasteiger partial charge on any atom is 0.322 e. The van der Waals surface area contributed by atoms with Crippen molar-refractivity contribution in [1.29, 1.82) is 0 Å². The van der Waals surface area contributed by atoms with Crippen LogP contribution >= 0.6 is 0 Å². The molecule has 1 unspecified atom stereocenters. The van der Waals surface area contributed by atoms with Gasteiger partial charge in [0.05, 0.1) is 0 Å². The molecule has 0 aliphatic carbocycles. The van der Waals surface area contributed by atoms with Gasteiger partial charge in [-0.3, -0.25) is 14.4 Å². The number of nitrogens with one attached hydrogen (secondary N) is 1. The Balaban J connectivity index is 3.63. The van der Waals surface area contributed by atoms with Crippen molar-refractivity contribution in [2.24, 2.45) is 0 Å². The van der Waals surface area contributed by atoms with Crippen molar-refractivity contribution in [3.05, 3.63) is 0 Å². The van der Waals surface area contributed by atoms with Crippen molar-refractivity contribution in [2.45, 2.75) is 161 Å². The molecule has 0 spiro atoms.